The molecular formula is C16H17BrCl2N2O4S. The SMILES string of the molecule is COCN(c1cc(Cl)cnc1Br)S(=O)(=O)c1ccc(Cl)c(OC(C)C)c1. The molecule has 1 aromatic heterocycles. The first kappa shape index (κ1) is 21.2. The van der Waals surface area contributed by atoms with E-state index in [1.807, 2.05) is 13.8 Å². The van der Waals surface area contributed by atoms with Crippen LogP contribution >= 0.6 is 39.1 Å². The lowest BCUT2D eigenvalue weighted by Crippen LogP contribution is -2.33. The van der Waals surface area contributed by atoms with Crippen LogP contribution in [0, 0.1) is 0 Å². The number of nitrogens with zero attached hydrogens (tertiary/aromatic N) is 2. The van der Waals surface area contributed by atoms with Crippen LogP contribution in [0.15, 0.2) is 40.0 Å². The number of anilines is 1. The summed E-state index contributed by atoms with van der Waals surface area (Å²) in [6.45, 7) is 3.42. The molecule has 10 heteroatoms. The number of rotatable bonds is 7. The summed E-state index contributed by atoms with van der Waals surface area (Å²) < 4.78 is 38.4. The van der Waals surface area contributed by atoms with E-state index in [0.717, 1.165) is 4.31 Å². The minimum Gasteiger partial charge on any atom is -0.489 e. The fourth-order valence-electron chi connectivity index (χ4n) is 2.09. The number of aromatic nitrogens is 1. The molecule has 26 heavy (non-hydrogen) atoms. The quantitative estimate of drug-likeness (QED) is 0.420. The fraction of sp³-hybridized carbons (Fsp3) is 0.312. The maximum atomic E-state index is 13.2. The number of sulfonamides is 1. The number of pyridine rings is 1. The third kappa shape index (κ3) is 4.80. The van der Waals surface area contributed by atoms with Gasteiger partial charge < -0.3 is 9.47 Å². The van der Waals surface area contributed by atoms with Crippen molar-refractivity contribution in [2.45, 2.75) is 24.8 Å². The molecule has 1 heterocycles. The Morgan fingerprint density at radius 3 is 2.58 bits per heavy atom. The molecule has 0 radical (unpaired) electrons. The molecule has 0 saturated heterocycles. The molecule has 2 aromatic rings. The molecular weight excluding hydrogens is 467 g/mol. The highest BCUT2D eigenvalue weighted by atomic mass is 79.9. The Kier molecular flexibility index (Phi) is 7.15. The molecule has 142 valence electrons. The molecule has 0 spiro atoms. The van der Waals surface area contributed by atoms with Crippen molar-refractivity contribution in [1.29, 1.82) is 0 Å². The van der Waals surface area contributed by atoms with Crippen molar-refractivity contribution in [3.63, 3.8) is 0 Å². The largest absolute Gasteiger partial charge is 0.489 e. The standard InChI is InChI=1S/C16H17BrCl2N2O4S/c1-10(2)25-15-7-12(4-5-13(15)19)26(22,23)21(9-24-3)14-6-11(18)8-20-16(14)17/h4-8,10H,9H2,1-3H3. The Labute approximate surface area is 171 Å². The van der Waals surface area contributed by atoms with E-state index >= 15 is 0 Å². The molecule has 0 aliphatic heterocycles. The van der Waals surface area contributed by atoms with E-state index in [0.29, 0.717) is 14.6 Å². The van der Waals surface area contributed by atoms with E-state index in [1.54, 1.807) is 0 Å². The van der Waals surface area contributed by atoms with Crippen LogP contribution in [0.4, 0.5) is 5.69 Å². The van der Waals surface area contributed by atoms with Crippen LogP contribution < -0.4 is 9.04 Å². The molecule has 2 rings (SSSR count). The molecule has 0 unspecified atom stereocenters. The van der Waals surface area contributed by atoms with Crippen LogP contribution in [0.5, 0.6) is 5.75 Å². The lowest BCUT2D eigenvalue weighted by molar-refractivity contribution is 0.209. The topological polar surface area (TPSA) is 68.7 Å². The van der Waals surface area contributed by atoms with Crippen molar-refractivity contribution < 1.29 is 17.9 Å². The minimum atomic E-state index is -3.99. The van der Waals surface area contributed by atoms with Crippen molar-refractivity contribution in [2.75, 3.05) is 18.1 Å². The predicted octanol–water partition coefficient (Wildman–Crippen LogP) is 4.74. The third-order valence-electron chi connectivity index (χ3n) is 3.16. The van der Waals surface area contributed by atoms with Crippen LogP contribution in [-0.4, -0.2) is 33.3 Å². The van der Waals surface area contributed by atoms with E-state index < -0.39 is 10.0 Å². The summed E-state index contributed by atoms with van der Waals surface area (Å²) >= 11 is 15.3. The number of hydrogen-bond donors (Lipinski definition) is 0. The van der Waals surface area contributed by atoms with Gasteiger partial charge in [0.05, 0.1) is 26.7 Å². The Morgan fingerprint density at radius 1 is 1.27 bits per heavy atom. The Morgan fingerprint density at radius 2 is 1.96 bits per heavy atom. The Hall–Kier alpha value is -1.06. The van der Waals surface area contributed by atoms with Crippen LogP contribution in [0.25, 0.3) is 0 Å². The maximum Gasteiger partial charge on any atom is 0.266 e. The monoisotopic (exact) mass is 482 g/mol. The first-order valence-electron chi connectivity index (χ1n) is 7.45. The van der Waals surface area contributed by atoms with Gasteiger partial charge in [0.25, 0.3) is 10.0 Å². The van der Waals surface area contributed by atoms with Crippen LogP contribution in [0.2, 0.25) is 10.0 Å². The van der Waals surface area contributed by atoms with Gasteiger partial charge in [-0.15, -0.1) is 0 Å². The summed E-state index contributed by atoms with van der Waals surface area (Å²) in [4.78, 5) is 4.04. The van der Waals surface area contributed by atoms with Crippen LogP contribution in [0.1, 0.15) is 13.8 Å². The molecule has 0 atom stereocenters. The van der Waals surface area contributed by atoms with E-state index in [2.05, 4.69) is 20.9 Å². The maximum absolute atomic E-state index is 13.2. The lowest BCUT2D eigenvalue weighted by Gasteiger charge is -2.24. The summed E-state index contributed by atoms with van der Waals surface area (Å²) in [5.41, 5.74) is 0.251. The number of hydrogen-bond acceptors (Lipinski definition) is 5. The molecule has 6 nitrogen and oxygen atoms in total. The van der Waals surface area contributed by atoms with Crippen molar-refractivity contribution >= 4 is 54.8 Å². The second-order valence-electron chi connectivity index (χ2n) is 5.49. The van der Waals surface area contributed by atoms with Gasteiger partial charge in [-0.3, -0.25) is 0 Å². The fourth-order valence-corrected chi connectivity index (χ4v) is 4.34. The van der Waals surface area contributed by atoms with Gasteiger partial charge in [-0.25, -0.2) is 17.7 Å². The van der Waals surface area contributed by atoms with Gasteiger partial charge in [-0.1, -0.05) is 23.2 Å². The highest BCUT2D eigenvalue weighted by molar-refractivity contribution is 9.10. The van der Waals surface area contributed by atoms with Crippen molar-refractivity contribution in [2.24, 2.45) is 0 Å². The Balaban J connectivity index is 2.56. The molecule has 0 aliphatic carbocycles. The molecule has 0 bridgehead atoms. The van der Waals surface area contributed by atoms with E-state index in [9.17, 15) is 8.42 Å². The molecule has 0 N–H and O–H groups in total. The van der Waals surface area contributed by atoms with E-state index in [-0.39, 0.29) is 29.2 Å². The summed E-state index contributed by atoms with van der Waals surface area (Å²) in [5.74, 6) is 0.281. The molecule has 0 saturated carbocycles. The predicted molar refractivity (Wildman–Crippen MR) is 106 cm³/mol. The zero-order valence-electron chi connectivity index (χ0n) is 14.2. The second kappa shape index (κ2) is 8.75. The first-order valence-corrected chi connectivity index (χ1v) is 10.4. The zero-order chi connectivity index (χ0) is 19.5. The summed E-state index contributed by atoms with van der Waals surface area (Å²) in [7, 11) is -2.60. The number of ether oxygens (including phenoxy) is 2. The first-order chi connectivity index (χ1) is 12.2. The van der Waals surface area contributed by atoms with Gasteiger partial charge in [0.2, 0.25) is 0 Å². The van der Waals surface area contributed by atoms with Gasteiger partial charge in [0, 0.05) is 19.4 Å². The van der Waals surface area contributed by atoms with Crippen molar-refractivity contribution in [1.82, 2.24) is 4.98 Å². The zero-order valence-corrected chi connectivity index (χ0v) is 18.2. The van der Waals surface area contributed by atoms with E-state index in [1.165, 1.54) is 37.6 Å². The number of benzene rings is 1. The van der Waals surface area contributed by atoms with Gasteiger partial charge in [0.1, 0.15) is 17.1 Å². The molecule has 0 amide bonds. The number of methoxy groups -OCH3 is 1. The average Bonchev–Trinajstić information content (AvgIpc) is 2.56. The molecule has 0 aliphatic rings. The molecule has 0 fully saturated rings. The Bertz CT molecular complexity index is 894. The van der Waals surface area contributed by atoms with Crippen LogP contribution in [-0.2, 0) is 14.8 Å². The summed E-state index contributed by atoms with van der Waals surface area (Å²) in [6, 6.07) is 5.74. The van der Waals surface area contributed by atoms with Gasteiger partial charge in [0.15, 0.2) is 0 Å². The average molecular weight is 484 g/mol. The highest BCUT2D eigenvalue weighted by Crippen LogP contribution is 2.34. The van der Waals surface area contributed by atoms with Crippen molar-refractivity contribution in [3.05, 3.63) is 45.1 Å². The lowest BCUT2D eigenvalue weighted by atomic mass is 10.3. The highest BCUT2D eigenvalue weighted by Gasteiger charge is 2.28. The van der Waals surface area contributed by atoms with E-state index in [4.69, 9.17) is 32.7 Å². The van der Waals surface area contributed by atoms with Gasteiger partial charge >= 0.3 is 0 Å². The number of halogens is 3. The summed E-state index contributed by atoms with van der Waals surface area (Å²) in [6.07, 6.45) is 1.25. The third-order valence-corrected chi connectivity index (χ3v) is 6.02. The van der Waals surface area contributed by atoms with Gasteiger partial charge in [-0.05, 0) is 48.0 Å². The normalized spacial score (nSPS) is 11.7. The smallest absolute Gasteiger partial charge is 0.266 e. The summed E-state index contributed by atoms with van der Waals surface area (Å²) in [5, 5.41) is 0.612. The van der Waals surface area contributed by atoms with Crippen LogP contribution in [0.3, 0.4) is 0 Å². The van der Waals surface area contributed by atoms with Gasteiger partial charge in [-0.2, -0.15) is 0 Å². The van der Waals surface area contributed by atoms with Crippen molar-refractivity contribution in [3.8, 4) is 5.75 Å². The second-order valence-corrected chi connectivity index (χ2v) is 8.95. The minimum absolute atomic E-state index is 0.00137. The molecule has 1 aromatic carbocycles.